The number of carbonyl (C=O) groups is 2. The average Bonchev–Trinajstić information content (AvgIpc) is 3.33. The van der Waals surface area contributed by atoms with E-state index in [0.717, 1.165) is 24.8 Å². The van der Waals surface area contributed by atoms with Crippen LogP contribution < -0.4 is 20.9 Å². The van der Waals surface area contributed by atoms with Crippen molar-refractivity contribution in [2.75, 3.05) is 29.9 Å². The molecule has 1 saturated heterocycles. The van der Waals surface area contributed by atoms with E-state index in [-0.39, 0.29) is 29.2 Å². The second kappa shape index (κ2) is 14.6. The van der Waals surface area contributed by atoms with Gasteiger partial charge in [-0.25, -0.2) is 4.39 Å². The molecule has 2 unspecified atom stereocenters. The Balaban J connectivity index is 1.82. The van der Waals surface area contributed by atoms with Crippen molar-refractivity contribution in [3.05, 3.63) is 59.4 Å². The van der Waals surface area contributed by atoms with Crippen LogP contribution in [0.5, 0.6) is 0 Å². The summed E-state index contributed by atoms with van der Waals surface area (Å²) in [5, 5.41) is 20.8. The second-order valence-corrected chi connectivity index (χ2v) is 11.9. The number of aliphatic hydroxyl groups excluding tert-OH is 1. The van der Waals surface area contributed by atoms with E-state index in [1.165, 1.54) is 11.0 Å². The van der Waals surface area contributed by atoms with Gasteiger partial charge in [-0.05, 0) is 63.6 Å². The molecule has 4 N–H and O–H groups in total. The maximum atomic E-state index is 15.8. The van der Waals surface area contributed by atoms with Gasteiger partial charge in [-0.1, -0.05) is 57.0 Å². The molecule has 0 aromatic heterocycles. The Morgan fingerprint density at radius 3 is 2.52 bits per heavy atom. The fourth-order valence-corrected chi connectivity index (χ4v) is 5.14. The monoisotopic (exact) mass is 554 g/mol. The minimum absolute atomic E-state index is 0.107. The highest BCUT2D eigenvalue weighted by Crippen LogP contribution is 2.30. The van der Waals surface area contributed by atoms with Gasteiger partial charge in [0.2, 0.25) is 5.91 Å². The lowest BCUT2D eigenvalue weighted by Gasteiger charge is -2.31. The van der Waals surface area contributed by atoms with Crippen LogP contribution in [-0.4, -0.2) is 54.2 Å². The molecule has 1 heterocycles. The number of anilines is 2. The number of β-amino-alcohol motifs (C(OH)–C–C–N with tert-alkyl or cyclic N) is 1. The molecule has 2 aromatic rings. The molecule has 7 nitrogen and oxygen atoms in total. The van der Waals surface area contributed by atoms with Gasteiger partial charge in [-0.3, -0.25) is 9.59 Å². The van der Waals surface area contributed by atoms with E-state index in [9.17, 15) is 14.7 Å². The first-order valence-electron chi connectivity index (χ1n) is 14.7. The zero-order chi connectivity index (χ0) is 29.3. The number of aliphatic hydroxyl groups is 1. The smallest absolute Gasteiger partial charge is 0.254 e. The van der Waals surface area contributed by atoms with Gasteiger partial charge in [0.05, 0.1) is 23.4 Å². The first kappa shape index (κ1) is 31.6. The summed E-state index contributed by atoms with van der Waals surface area (Å²) >= 11 is 0. The lowest BCUT2D eigenvalue weighted by molar-refractivity contribution is -0.117. The van der Waals surface area contributed by atoms with Crippen LogP contribution in [0.4, 0.5) is 15.8 Å². The van der Waals surface area contributed by atoms with E-state index in [2.05, 4.69) is 43.6 Å². The highest BCUT2D eigenvalue weighted by atomic mass is 19.1. The minimum Gasteiger partial charge on any atom is -0.390 e. The molecule has 0 radical (unpaired) electrons. The molecular weight excluding hydrogens is 507 g/mol. The van der Waals surface area contributed by atoms with Crippen LogP contribution in [0.15, 0.2) is 42.5 Å². The van der Waals surface area contributed by atoms with Gasteiger partial charge in [0, 0.05) is 37.3 Å². The van der Waals surface area contributed by atoms with E-state index < -0.39 is 23.9 Å². The van der Waals surface area contributed by atoms with Crippen LogP contribution in [0, 0.1) is 11.7 Å². The van der Waals surface area contributed by atoms with Crippen LogP contribution >= 0.6 is 0 Å². The molecular formula is C32H47FN4O3. The molecule has 1 fully saturated rings. The van der Waals surface area contributed by atoms with E-state index in [1.807, 2.05) is 37.3 Å². The fraction of sp³-hybridized carbons (Fsp3) is 0.562. The number of halogens is 1. The largest absolute Gasteiger partial charge is 0.390 e. The van der Waals surface area contributed by atoms with Crippen molar-refractivity contribution in [1.29, 1.82) is 0 Å². The number of hydrogen-bond acceptors (Lipinski definition) is 5. The Morgan fingerprint density at radius 2 is 1.90 bits per heavy atom. The first-order chi connectivity index (χ1) is 19.0. The molecule has 3 rings (SSSR count). The number of amides is 2. The summed E-state index contributed by atoms with van der Waals surface area (Å²) in [5.41, 5.74) is 1.29. The maximum absolute atomic E-state index is 15.8. The fourth-order valence-electron chi connectivity index (χ4n) is 5.14. The van der Waals surface area contributed by atoms with Crippen LogP contribution in [0.2, 0.25) is 0 Å². The Kier molecular flexibility index (Phi) is 11.5. The third-order valence-corrected chi connectivity index (χ3v) is 7.50. The van der Waals surface area contributed by atoms with Crippen molar-refractivity contribution in [3.8, 4) is 0 Å². The zero-order valence-electron chi connectivity index (χ0n) is 24.7. The topological polar surface area (TPSA) is 93.7 Å². The zero-order valence-corrected chi connectivity index (χ0v) is 24.7. The summed E-state index contributed by atoms with van der Waals surface area (Å²) in [6.45, 7) is 11.8. The molecule has 2 aromatic carbocycles. The first-order valence-corrected chi connectivity index (χ1v) is 14.7. The molecule has 0 spiro atoms. The Bertz CT molecular complexity index is 1120. The lowest BCUT2D eigenvalue weighted by Crippen LogP contribution is -2.52. The van der Waals surface area contributed by atoms with Crippen molar-refractivity contribution < 1.29 is 19.1 Å². The summed E-state index contributed by atoms with van der Waals surface area (Å²) in [6.07, 6.45) is 3.68. The van der Waals surface area contributed by atoms with Crippen molar-refractivity contribution in [2.24, 2.45) is 5.92 Å². The van der Waals surface area contributed by atoms with Gasteiger partial charge in [-0.2, -0.15) is 0 Å². The lowest BCUT2D eigenvalue weighted by atomic mass is 9.93. The van der Waals surface area contributed by atoms with Gasteiger partial charge >= 0.3 is 0 Å². The Hall–Kier alpha value is -2.97. The van der Waals surface area contributed by atoms with Gasteiger partial charge in [0.25, 0.3) is 5.91 Å². The molecule has 8 heteroatoms. The third kappa shape index (κ3) is 9.03. The molecule has 220 valence electrons. The number of benzene rings is 2. The van der Waals surface area contributed by atoms with E-state index in [1.54, 1.807) is 6.07 Å². The number of nitrogens with one attached hydrogen (secondary N) is 3. The molecule has 0 aliphatic carbocycles. The second-order valence-electron chi connectivity index (χ2n) is 11.9. The van der Waals surface area contributed by atoms with E-state index >= 15 is 4.39 Å². The highest BCUT2D eigenvalue weighted by Gasteiger charge is 2.30. The van der Waals surface area contributed by atoms with Crippen molar-refractivity contribution >= 4 is 23.2 Å². The molecule has 40 heavy (non-hydrogen) atoms. The Morgan fingerprint density at radius 1 is 1.18 bits per heavy atom. The van der Waals surface area contributed by atoms with E-state index in [4.69, 9.17) is 0 Å². The molecule has 2 atom stereocenters. The van der Waals surface area contributed by atoms with Crippen LogP contribution in [0.3, 0.4) is 0 Å². The molecule has 0 saturated carbocycles. The third-order valence-electron chi connectivity index (χ3n) is 7.50. The average molecular weight is 555 g/mol. The number of rotatable bonds is 15. The van der Waals surface area contributed by atoms with Crippen LogP contribution in [0.1, 0.15) is 82.6 Å². The minimum atomic E-state index is -0.909. The number of nitrogens with zero attached hydrogens (tertiary/aromatic N) is 1. The van der Waals surface area contributed by atoms with Crippen LogP contribution in [0.25, 0.3) is 0 Å². The molecule has 1 aliphatic heterocycles. The van der Waals surface area contributed by atoms with Crippen molar-refractivity contribution in [1.82, 2.24) is 10.6 Å². The predicted molar refractivity (Wildman–Crippen MR) is 160 cm³/mol. The summed E-state index contributed by atoms with van der Waals surface area (Å²) in [5.74, 6) is -0.867. The van der Waals surface area contributed by atoms with Gasteiger partial charge in [0.1, 0.15) is 0 Å². The van der Waals surface area contributed by atoms with Crippen molar-refractivity contribution in [2.45, 2.75) is 90.8 Å². The Labute approximate surface area is 238 Å². The predicted octanol–water partition coefficient (Wildman–Crippen LogP) is 5.28. The standard InChI is InChI=1S/C32H47FN4O3/c1-6-34-24-19-25(30(33)27(20-24)37-17-11-15-29(37)39)31(40)36-26(18-23-13-8-7-9-14-23)28(38)21-35-32(4,5)16-10-12-22(2)3/h7-9,13-14,19-20,22,26,28,34-35,38H,6,10-12,15-18,21H2,1-5H3,(H,36,40). The van der Waals surface area contributed by atoms with Crippen molar-refractivity contribution in [3.63, 3.8) is 0 Å². The van der Waals surface area contributed by atoms with Crippen LogP contribution in [-0.2, 0) is 11.2 Å². The molecule has 2 amide bonds. The number of hydrogen-bond donors (Lipinski definition) is 4. The molecule has 0 bridgehead atoms. The SMILES string of the molecule is CCNc1cc(C(=O)NC(Cc2ccccc2)C(O)CNC(C)(C)CCCC(C)C)c(F)c(N2CCCC2=O)c1. The summed E-state index contributed by atoms with van der Waals surface area (Å²) in [7, 11) is 0. The normalized spacial score (nSPS) is 15.4. The highest BCUT2D eigenvalue weighted by molar-refractivity contribution is 6.00. The van der Waals surface area contributed by atoms with Gasteiger partial charge in [0.15, 0.2) is 5.82 Å². The maximum Gasteiger partial charge on any atom is 0.254 e. The quantitative estimate of drug-likeness (QED) is 0.240. The summed E-state index contributed by atoms with van der Waals surface area (Å²) in [4.78, 5) is 27.4. The van der Waals surface area contributed by atoms with Gasteiger partial charge in [-0.15, -0.1) is 0 Å². The van der Waals surface area contributed by atoms with Gasteiger partial charge < -0.3 is 26.0 Å². The summed E-state index contributed by atoms with van der Waals surface area (Å²) in [6, 6.07) is 12.0. The van der Waals surface area contributed by atoms with E-state index in [0.29, 0.717) is 44.0 Å². The number of carbonyl (C=O) groups excluding carboxylic acids is 2. The molecule has 1 aliphatic rings. The summed E-state index contributed by atoms with van der Waals surface area (Å²) < 4.78 is 15.8.